The van der Waals surface area contributed by atoms with Crippen LogP contribution in [0, 0.1) is 0 Å². The van der Waals surface area contributed by atoms with E-state index < -0.39 is 0 Å². The van der Waals surface area contributed by atoms with Gasteiger partial charge in [0, 0.05) is 11.6 Å². The van der Waals surface area contributed by atoms with Gasteiger partial charge in [0.15, 0.2) is 0 Å². The summed E-state index contributed by atoms with van der Waals surface area (Å²) in [6, 6.07) is 19.3. The van der Waals surface area contributed by atoms with Crippen molar-refractivity contribution in [3.8, 4) is 22.7 Å². The molecular weight excluding hydrogens is 328 g/mol. The Labute approximate surface area is 152 Å². The Morgan fingerprint density at radius 3 is 2.50 bits per heavy atom. The smallest absolute Gasteiger partial charge is 0.239 e. The highest BCUT2D eigenvalue weighted by atomic mass is 16.5. The summed E-state index contributed by atoms with van der Waals surface area (Å²) in [5, 5.41) is 10.6. The molecule has 2 N–H and O–H groups in total. The summed E-state index contributed by atoms with van der Waals surface area (Å²) in [5.74, 6) is 1.28. The van der Waals surface area contributed by atoms with Gasteiger partial charge in [-0.15, -0.1) is 0 Å². The second-order valence-electron chi connectivity index (χ2n) is 5.72. The molecule has 1 aromatic heterocycles. The third-order valence-electron chi connectivity index (χ3n) is 3.90. The maximum Gasteiger partial charge on any atom is 0.239 e. The quantitative estimate of drug-likeness (QED) is 0.687. The van der Waals surface area contributed by atoms with Crippen molar-refractivity contribution in [3.05, 3.63) is 60.7 Å². The lowest BCUT2D eigenvalue weighted by atomic mass is 10.2. The number of nitrogens with zero attached hydrogens (tertiary/aromatic N) is 2. The monoisotopic (exact) mass is 350 g/mol. The van der Waals surface area contributed by atoms with Crippen LogP contribution in [-0.4, -0.2) is 35.9 Å². The van der Waals surface area contributed by atoms with Gasteiger partial charge in [-0.2, -0.15) is 5.10 Å². The second kappa shape index (κ2) is 8.31. The predicted octanol–water partition coefficient (Wildman–Crippen LogP) is 3.10. The van der Waals surface area contributed by atoms with Crippen LogP contribution in [0.15, 0.2) is 60.7 Å². The Morgan fingerprint density at radius 1 is 1.12 bits per heavy atom. The van der Waals surface area contributed by atoms with Crippen LogP contribution >= 0.6 is 0 Å². The van der Waals surface area contributed by atoms with Gasteiger partial charge >= 0.3 is 0 Å². The van der Waals surface area contributed by atoms with Gasteiger partial charge in [0.05, 0.1) is 25.0 Å². The maximum atomic E-state index is 12.2. The minimum Gasteiger partial charge on any atom is -0.497 e. The summed E-state index contributed by atoms with van der Waals surface area (Å²) in [4.78, 5) is 12.2. The van der Waals surface area contributed by atoms with E-state index in [1.54, 1.807) is 11.8 Å². The third-order valence-corrected chi connectivity index (χ3v) is 3.90. The molecule has 0 aliphatic carbocycles. The van der Waals surface area contributed by atoms with E-state index in [9.17, 15) is 4.79 Å². The second-order valence-corrected chi connectivity index (χ2v) is 5.72. The molecule has 0 saturated carbocycles. The summed E-state index contributed by atoms with van der Waals surface area (Å²) in [6.45, 7) is 2.95. The Bertz CT molecular complexity index is 857. The first-order valence-corrected chi connectivity index (χ1v) is 8.51. The highest BCUT2D eigenvalue weighted by molar-refractivity contribution is 5.92. The normalized spacial score (nSPS) is 10.5. The molecule has 1 heterocycles. The number of carbonyl (C=O) groups is 1. The molecule has 0 spiro atoms. The van der Waals surface area contributed by atoms with Crippen LogP contribution in [0.1, 0.15) is 6.92 Å². The number of benzene rings is 2. The Morgan fingerprint density at radius 2 is 1.85 bits per heavy atom. The molecule has 6 nitrogen and oxygen atoms in total. The van der Waals surface area contributed by atoms with Gasteiger partial charge in [-0.3, -0.25) is 4.79 Å². The average Bonchev–Trinajstić information content (AvgIpc) is 3.11. The predicted molar refractivity (Wildman–Crippen MR) is 103 cm³/mol. The minimum absolute atomic E-state index is 0.110. The fourth-order valence-corrected chi connectivity index (χ4v) is 2.57. The molecule has 6 heteroatoms. The van der Waals surface area contributed by atoms with E-state index in [0.29, 0.717) is 5.82 Å². The van der Waals surface area contributed by atoms with E-state index in [2.05, 4.69) is 15.7 Å². The van der Waals surface area contributed by atoms with Crippen LogP contribution in [0.2, 0.25) is 0 Å². The van der Waals surface area contributed by atoms with Crippen LogP contribution in [0.5, 0.6) is 5.75 Å². The molecule has 3 rings (SSSR count). The number of aromatic nitrogens is 2. The Hall–Kier alpha value is -3.12. The average molecular weight is 350 g/mol. The number of hydrogen-bond donors (Lipinski definition) is 2. The summed E-state index contributed by atoms with van der Waals surface area (Å²) < 4.78 is 6.94. The number of anilines is 1. The van der Waals surface area contributed by atoms with Gasteiger partial charge < -0.3 is 15.4 Å². The van der Waals surface area contributed by atoms with Gasteiger partial charge in [-0.1, -0.05) is 37.3 Å². The number of hydrogen-bond acceptors (Lipinski definition) is 4. The molecule has 1 amide bonds. The fraction of sp³-hybridized carbons (Fsp3) is 0.200. The molecule has 0 radical (unpaired) electrons. The van der Waals surface area contributed by atoms with E-state index >= 15 is 0 Å². The molecule has 134 valence electrons. The largest absolute Gasteiger partial charge is 0.497 e. The number of nitrogens with one attached hydrogen (secondary N) is 2. The minimum atomic E-state index is -0.110. The number of amides is 1. The fourth-order valence-electron chi connectivity index (χ4n) is 2.57. The first kappa shape index (κ1) is 17.7. The number of ether oxygens (including phenoxy) is 1. The van der Waals surface area contributed by atoms with Crippen molar-refractivity contribution in [2.45, 2.75) is 6.92 Å². The van der Waals surface area contributed by atoms with Gasteiger partial charge in [0.1, 0.15) is 11.6 Å². The zero-order chi connectivity index (χ0) is 18.4. The Balaban J connectivity index is 1.96. The molecule has 26 heavy (non-hydrogen) atoms. The summed E-state index contributed by atoms with van der Waals surface area (Å²) in [6.07, 6.45) is 0. The van der Waals surface area contributed by atoms with Crippen LogP contribution < -0.4 is 15.4 Å². The van der Waals surface area contributed by atoms with Gasteiger partial charge in [0.25, 0.3) is 0 Å². The summed E-state index contributed by atoms with van der Waals surface area (Å²) in [7, 11) is 1.63. The van der Waals surface area contributed by atoms with Crippen molar-refractivity contribution in [2.75, 3.05) is 25.5 Å². The standard InChI is InChI=1S/C20H22N4O2/c1-3-21-14-20(25)22-19-13-18(15-7-5-4-6-8-15)23-24(19)16-9-11-17(26-2)12-10-16/h4-13,21H,3,14H2,1-2H3,(H,22,25). The van der Waals surface area contributed by atoms with Gasteiger partial charge in [-0.05, 0) is 30.8 Å². The summed E-state index contributed by atoms with van der Waals surface area (Å²) >= 11 is 0. The van der Waals surface area contributed by atoms with E-state index in [0.717, 1.165) is 29.2 Å². The van der Waals surface area contributed by atoms with E-state index in [-0.39, 0.29) is 12.5 Å². The Kier molecular flexibility index (Phi) is 5.66. The third kappa shape index (κ3) is 4.10. The molecule has 3 aromatic rings. The van der Waals surface area contributed by atoms with Crippen LogP contribution in [0.4, 0.5) is 5.82 Å². The first-order valence-electron chi connectivity index (χ1n) is 8.51. The number of likely N-dealkylation sites (N-methyl/N-ethyl adjacent to an activating group) is 1. The van der Waals surface area contributed by atoms with Gasteiger partial charge in [0.2, 0.25) is 5.91 Å². The van der Waals surface area contributed by atoms with E-state index in [1.165, 1.54) is 0 Å². The topological polar surface area (TPSA) is 68.2 Å². The number of methoxy groups -OCH3 is 1. The lowest BCUT2D eigenvalue weighted by Crippen LogP contribution is -2.28. The molecule has 0 aliphatic heterocycles. The molecule has 0 bridgehead atoms. The highest BCUT2D eigenvalue weighted by Crippen LogP contribution is 2.25. The van der Waals surface area contributed by atoms with Crippen LogP contribution in [0.25, 0.3) is 16.9 Å². The van der Waals surface area contributed by atoms with Crippen molar-refractivity contribution < 1.29 is 9.53 Å². The lowest BCUT2D eigenvalue weighted by Gasteiger charge is -2.09. The van der Waals surface area contributed by atoms with Crippen molar-refractivity contribution in [1.29, 1.82) is 0 Å². The van der Waals surface area contributed by atoms with Crippen LogP contribution in [0.3, 0.4) is 0 Å². The molecule has 0 aliphatic rings. The number of carbonyl (C=O) groups excluding carboxylic acids is 1. The molecular formula is C20H22N4O2. The maximum absolute atomic E-state index is 12.2. The molecule has 0 atom stereocenters. The lowest BCUT2D eigenvalue weighted by molar-refractivity contribution is -0.115. The highest BCUT2D eigenvalue weighted by Gasteiger charge is 2.13. The van der Waals surface area contributed by atoms with E-state index in [4.69, 9.17) is 4.74 Å². The van der Waals surface area contributed by atoms with Crippen molar-refractivity contribution >= 4 is 11.7 Å². The first-order chi connectivity index (χ1) is 12.7. The van der Waals surface area contributed by atoms with Crippen molar-refractivity contribution in [1.82, 2.24) is 15.1 Å². The molecule has 0 fully saturated rings. The van der Waals surface area contributed by atoms with Crippen molar-refractivity contribution in [3.63, 3.8) is 0 Å². The summed E-state index contributed by atoms with van der Waals surface area (Å²) in [5.41, 5.74) is 2.62. The SMILES string of the molecule is CCNCC(=O)Nc1cc(-c2ccccc2)nn1-c1ccc(OC)cc1. The number of rotatable bonds is 7. The van der Waals surface area contributed by atoms with E-state index in [1.807, 2.05) is 67.6 Å². The molecule has 2 aromatic carbocycles. The van der Waals surface area contributed by atoms with Crippen LogP contribution in [-0.2, 0) is 4.79 Å². The zero-order valence-electron chi connectivity index (χ0n) is 14.9. The zero-order valence-corrected chi connectivity index (χ0v) is 14.9. The van der Waals surface area contributed by atoms with Gasteiger partial charge in [-0.25, -0.2) is 4.68 Å². The molecule has 0 unspecified atom stereocenters. The van der Waals surface area contributed by atoms with Crippen molar-refractivity contribution in [2.24, 2.45) is 0 Å². The molecule has 0 saturated heterocycles.